The molecule has 142 valence electrons. The van der Waals surface area contributed by atoms with Crippen LogP contribution in [0.5, 0.6) is 5.88 Å². The van der Waals surface area contributed by atoms with E-state index < -0.39 is 0 Å². The Labute approximate surface area is 162 Å². The SMILES string of the molecule is CCCCOc1ncccc1CNC(=O)Cc1csc(-c2ccc(C)o2)n1. The average Bonchev–Trinajstić information content (AvgIpc) is 3.30. The molecule has 3 heterocycles. The lowest BCUT2D eigenvalue weighted by Crippen LogP contribution is -2.25. The zero-order chi connectivity index (χ0) is 19.1. The fourth-order valence-corrected chi connectivity index (χ4v) is 3.25. The molecule has 3 aromatic rings. The highest BCUT2D eigenvalue weighted by Gasteiger charge is 2.12. The minimum absolute atomic E-state index is 0.0918. The normalized spacial score (nSPS) is 10.7. The summed E-state index contributed by atoms with van der Waals surface area (Å²) < 4.78 is 11.3. The topological polar surface area (TPSA) is 77.2 Å². The minimum atomic E-state index is -0.0918. The Balaban J connectivity index is 1.54. The number of hydrogen-bond donors (Lipinski definition) is 1. The molecule has 3 aromatic heterocycles. The van der Waals surface area contributed by atoms with Crippen LogP contribution in [-0.4, -0.2) is 22.5 Å². The van der Waals surface area contributed by atoms with Crippen LogP contribution < -0.4 is 10.1 Å². The van der Waals surface area contributed by atoms with Crippen molar-refractivity contribution in [3.63, 3.8) is 0 Å². The van der Waals surface area contributed by atoms with Gasteiger partial charge in [0.2, 0.25) is 11.8 Å². The van der Waals surface area contributed by atoms with Gasteiger partial charge in [-0.15, -0.1) is 11.3 Å². The van der Waals surface area contributed by atoms with Crippen molar-refractivity contribution in [2.24, 2.45) is 0 Å². The summed E-state index contributed by atoms with van der Waals surface area (Å²) in [6.07, 6.45) is 3.96. The molecule has 1 N–H and O–H groups in total. The second-order valence-electron chi connectivity index (χ2n) is 6.18. The summed E-state index contributed by atoms with van der Waals surface area (Å²) in [5.41, 5.74) is 1.60. The Hall–Kier alpha value is -2.67. The van der Waals surface area contributed by atoms with E-state index in [1.54, 1.807) is 6.20 Å². The molecule has 0 bridgehead atoms. The van der Waals surface area contributed by atoms with E-state index in [0.29, 0.717) is 19.0 Å². The maximum Gasteiger partial charge on any atom is 0.226 e. The lowest BCUT2D eigenvalue weighted by molar-refractivity contribution is -0.120. The summed E-state index contributed by atoms with van der Waals surface area (Å²) in [4.78, 5) is 21.0. The van der Waals surface area contributed by atoms with Gasteiger partial charge in [0.1, 0.15) is 5.76 Å². The van der Waals surface area contributed by atoms with Crippen molar-refractivity contribution in [3.05, 3.63) is 52.9 Å². The molecule has 0 saturated carbocycles. The van der Waals surface area contributed by atoms with Gasteiger partial charge in [-0.3, -0.25) is 4.79 Å². The third-order valence-electron chi connectivity index (χ3n) is 3.91. The van der Waals surface area contributed by atoms with E-state index >= 15 is 0 Å². The molecule has 3 rings (SSSR count). The smallest absolute Gasteiger partial charge is 0.226 e. The maximum atomic E-state index is 12.3. The van der Waals surface area contributed by atoms with Crippen molar-refractivity contribution < 1.29 is 13.9 Å². The van der Waals surface area contributed by atoms with Crippen LogP contribution in [0.25, 0.3) is 10.8 Å². The third-order valence-corrected chi connectivity index (χ3v) is 4.81. The van der Waals surface area contributed by atoms with Crippen LogP contribution in [0.1, 0.15) is 36.8 Å². The molecule has 0 unspecified atom stereocenters. The van der Waals surface area contributed by atoms with Gasteiger partial charge in [0.05, 0.1) is 18.7 Å². The predicted molar refractivity (Wildman–Crippen MR) is 105 cm³/mol. The molecule has 0 aliphatic rings. The van der Waals surface area contributed by atoms with Crippen molar-refractivity contribution in [1.29, 1.82) is 0 Å². The van der Waals surface area contributed by atoms with Gasteiger partial charge in [-0.1, -0.05) is 19.4 Å². The summed E-state index contributed by atoms with van der Waals surface area (Å²) in [6.45, 7) is 5.01. The molecule has 0 atom stereocenters. The molecule has 0 spiro atoms. The molecule has 0 aromatic carbocycles. The Morgan fingerprint density at radius 1 is 1.33 bits per heavy atom. The van der Waals surface area contributed by atoms with Gasteiger partial charge in [0.25, 0.3) is 0 Å². The molecule has 0 aliphatic carbocycles. The molecule has 0 radical (unpaired) electrons. The summed E-state index contributed by atoms with van der Waals surface area (Å²) in [7, 11) is 0. The first-order valence-corrected chi connectivity index (χ1v) is 9.88. The number of aryl methyl sites for hydroxylation is 1. The van der Waals surface area contributed by atoms with Crippen molar-refractivity contribution in [2.75, 3.05) is 6.61 Å². The first-order valence-electron chi connectivity index (χ1n) is 9.00. The van der Waals surface area contributed by atoms with Gasteiger partial charge in [0.15, 0.2) is 10.8 Å². The van der Waals surface area contributed by atoms with Gasteiger partial charge in [-0.05, 0) is 31.5 Å². The Kier molecular flexibility index (Phi) is 6.59. The largest absolute Gasteiger partial charge is 0.477 e. The van der Waals surface area contributed by atoms with Crippen LogP contribution in [0, 0.1) is 6.92 Å². The Morgan fingerprint density at radius 2 is 2.22 bits per heavy atom. The summed E-state index contributed by atoms with van der Waals surface area (Å²) in [5, 5.41) is 5.58. The fraction of sp³-hybridized carbons (Fsp3) is 0.350. The van der Waals surface area contributed by atoms with E-state index in [4.69, 9.17) is 9.15 Å². The van der Waals surface area contributed by atoms with Gasteiger partial charge >= 0.3 is 0 Å². The van der Waals surface area contributed by atoms with Crippen molar-refractivity contribution in [1.82, 2.24) is 15.3 Å². The number of ether oxygens (including phenoxy) is 1. The zero-order valence-corrected chi connectivity index (χ0v) is 16.3. The van der Waals surface area contributed by atoms with E-state index in [9.17, 15) is 4.79 Å². The molecular weight excluding hydrogens is 362 g/mol. The van der Waals surface area contributed by atoms with E-state index in [1.807, 2.05) is 36.6 Å². The van der Waals surface area contributed by atoms with Gasteiger partial charge in [-0.25, -0.2) is 9.97 Å². The molecule has 7 heteroatoms. The lowest BCUT2D eigenvalue weighted by atomic mass is 10.2. The molecule has 1 amide bonds. The number of unbranched alkanes of at least 4 members (excludes halogenated alkanes) is 1. The van der Waals surface area contributed by atoms with Gasteiger partial charge in [0, 0.05) is 23.7 Å². The standard InChI is InChI=1S/C20H23N3O3S/c1-3-4-10-25-19-15(6-5-9-21-19)12-22-18(24)11-16-13-27-20(23-16)17-8-7-14(2)26-17/h5-9,13H,3-4,10-12H2,1-2H3,(H,22,24). The molecule has 6 nitrogen and oxygen atoms in total. The van der Waals surface area contributed by atoms with Crippen LogP contribution in [-0.2, 0) is 17.8 Å². The third kappa shape index (κ3) is 5.40. The van der Waals surface area contributed by atoms with Gasteiger partial charge in [-0.2, -0.15) is 0 Å². The number of carbonyl (C=O) groups excluding carboxylic acids is 1. The highest BCUT2D eigenvalue weighted by molar-refractivity contribution is 7.13. The van der Waals surface area contributed by atoms with Crippen LogP contribution in [0.15, 0.2) is 40.3 Å². The summed E-state index contributed by atoms with van der Waals surface area (Å²) in [6, 6.07) is 7.54. The second-order valence-corrected chi connectivity index (χ2v) is 7.04. The number of hydrogen-bond acceptors (Lipinski definition) is 6. The summed E-state index contributed by atoms with van der Waals surface area (Å²) >= 11 is 1.47. The maximum absolute atomic E-state index is 12.3. The number of nitrogens with one attached hydrogen (secondary N) is 1. The van der Waals surface area contributed by atoms with E-state index in [-0.39, 0.29) is 12.3 Å². The molecule has 0 fully saturated rings. The lowest BCUT2D eigenvalue weighted by Gasteiger charge is -2.10. The quantitative estimate of drug-likeness (QED) is 0.560. The van der Waals surface area contributed by atoms with Crippen LogP contribution in [0.4, 0.5) is 0 Å². The number of furan rings is 1. The molecule has 27 heavy (non-hydrogen) atoms. The Morgan fingerprint density at radius 3 is 3.00 bits per heavy atom. The first-order chi connectivity index (χ1) is 13.2. The molecule has 0 aliphatic heterocycles. The number of rotatable bonds is 9. The first kappa shape index (κ1) is 19.1. The number of amides is 1. The number of nitrogens with zero attached hydrogens (tertiary/aromatic N) is 2. The van der Waals surface area contributed by atoms with E-state index in [1.165, 1.54) is 11.3 Å². The average molecular weight is 385 g/mol. The van der Waals surface area contributed by atoms with Crippen molar-refractivity contribution in [3.8, 4) is 16.6 Å². The number of carbonyl (C=O) groups is 1. The number of thiazole rings is 1. The molecule has 0 saturated heterocycles. The van der Waals surface area contributed by atoms with Crippen molar-refractivity contribution in [2.45, 2.75) is 39.7 Å². The van der Waals surface area contributed by atoms with E-state index in [2.05, 4.69) is 22.2 Å². The Bertz CT molecular complexity index is 888. The van der Waals surface area contributed by atoms with E-state index in [0.717, 1.165) is 40.6 Å². The van der Waals surface area contributed by atoms with Crippen LogP contribution in [0.2, 0.25) is 0 Å². The number of aromatic nitrogens is 2. The zero-order valence-electron chi connectivity index (χ0n) is 15.5. The summed E-state index contributed by atoms with van der Waals surface area (Å²) in [5.74, 6) is 2.06. The highest BCUT2D eigenvalue weighted by Crippen LogP contribution is 2.25. The number of pyridine rings is 1. The van der Waals surface area contributed by atoms with Crippen molar-refractivity contribution >= 4 is 17.2 Å². The van der Waals surface area contributed by atoms with Crippen LogP contribution >= 0.6 is 11.3 Å². The minimum Gasteiger partial charge on any atom is -0.477 e. The predicted octanol–water partition coefficient (Wildman–Crippen LogP) is 4.14. The molecular formula is C20H23N3O3S. The fourth-order valence-electron chi connectivity index (χ4n) is 2.47. The second kappa shape index (κ2) is 9.32. The highest BCUT2D eigenvalue weighted by atomic mass is 32.1. The van der Waals surface area contributed by atoms with Crippen LogP contribution in [0.3, 0.4) is 0 Å². The van der Waals surface area contributed by atoms with Gasteiger partial charge < -0.3 is 14.5 Å². The monoisotopic (exact) mass is 385 g/mol.